The zero-order chi connectivity index (χ0) is 16.1. The van der Waals surface area contributed by atoms with Crippen molar-refractivity contribution in [3.63, 3.8) is 0 Å². The number of thiazole rings is 1. The van der Waals surface area contributed by atoms with Crippen LogP contribution in [0.4, 0.5) is 5.13 Å². The normalized spacial score (nSPS) is 15.4. The van der Waals surface area contributed by atoms with Crippen molar-refractivity contribution in [2.45, 2.75) is 52.0 Å². The summed E-state index contributed by atoms with van der Waals surface area (Å²) in [6.07, 6.45) is 5.20. The van der Waals surface area contributed by atoms with Gasteiger partial charge >= 0.3 is 0 Å². The van der Waals surface area contributed by atoms with Crippen LogP contribution in [0.15, 0.2) is 0 Å². The maximum absolute atomic E-state index is 12.2. The number of aryl methyl sites for hydroxylation is 2. The smallest absolute Gasteiger partial charge is 0.240 e. The van der Waals surface area contributed by atoms with Crippen molar-refractivity contribution in [2.24, 2.45) is 5.73 Å². The second-order valence-electron chi connectivity index (χ2n) is 5.73. The summed E-state index contributed by atoms with van der Waals surface area (Å²) in [5.74, 6) is -0.525. The molecular formula is C15H24N4O2S. The van der Waals surface area contributed by atoms with Crippen LogP contribution >= 0.6 is 11.3 Å². The Balaban J connectivity index is 1.95. The molecule has 7 heteroatoms. The molecule has 0 bridgehead atoms. The number of rotatable bonds is 7. The van der Waals surface area contributed by atoms with E-state index in [4.69, 9.17) is 5.73 Å². The maximum atomic E-state index is 12.2. The second kappa shape index (κ2) is 7.69. The van der Waals surface area contributed by atoms with Gasteiger partial charge in [0.25, 0.3) is 0 Å². The first-order valence-electron chi connectivity index (χ1n) is 7.78. The zero-order valence-electron chi connectivity index (χ0n) is 13.2. The van der Waals surface area contributed by atoms with E-state index in [1.54, 1.807) is 0 Å². The van der Waals surface area contributed by atoms with Gasteiger partial charge in [0.15, 0.2) is 5.13 Å². The Hall–Kier alpha value is -1.47. The molecule has 1 aliphatic carbocycles. The summed E-state index contributed by atoms with van der Waals surface area (Å²) in [5, 5.41) is 3.47. The Morgan fingerprint density at radius 1 is 1.36 bits per heavy atom. The highest BCUT2D eigenvalue weighted by atomic mass is 32.1. The number of nitrogens with two attached hydrogens (primary N) is 1. The van der Waals surface area contributed by atoms with Gasteiger partial charge in [-0.3, -0.25) is 14.5 Å². The fourth-order valence-electron chi connectivity index (χ4n) is 2.94. The molecule has 0 aromatic carbocycles. The van der Waals surface area contributed by atoms with E-state index in [1.165, 1.54) is 11.3 Å². The third kappa shape index (κ3) is 4.51. The van der Waals surface area contributed by atoms with Crippen LogP contribution < -0.4 is 11.1 Å². The molecule has 1 saturated carbocycles. The number of amides is 2. The van der Waals surface area contributed by atoms with E-state index in [0.29, 0.717) is 5.13 Å². The van der Waals surface area contributed by atoms with Gasteiger partial charge in [0.2, 0.25) is 11.8 Å². The summed E-state index contributed by atoms with van der Waals surface area (Å²) in [4.78, 5) is 30.9. The van der Waals surface area contributed by atoms with Crippen LogP contribution in [-0.4, -0.2) is 40.8 Å². The summed E-state index contributed by atoms with van der Waals surface area (Å²) in [6.45, 7) is 4.37. The first-order valence-corrected chi connectivity index (χ1v) is 8.59. The van der Waals surface area contributed by atoms with Crippen LogP contribution in [0.25, 0.3) is 0 Å². The molecular weight excluding hydrogens is 300 g/mol. The highest BCUT2D eigenvalue weighted by molar-refractivity contribution is 7.15. The first-order chi connectivity index (χ1) is 10.5. The van der Waals surface area contributed by atoms with Crippen molar-refractivity contribution in [1.82, 2.24) is 9.88 Å². The number of hydrogen-bond donors (Lipinski definition) is 2. The molecule has 0 unspecified atom stereocenters. The molecule has 1 heterocycles. The van der Waals surface area contributed by atoms with Gasteiger partial charge in [-0.25, -0.2) is 4.98 Å². The average Bonchev–Trinajstić information content (AvgIpc) is 3.07. The molecule has 1 aromatic heterocycles. The lowest BCUT2D eigenvalue weighted by Gasteiger charge is -2.26. The number of hydrogen-bond acceptors (Lipinski definition) is 5. The molecule has 0 spiro atoms. The Labute approximate surface area is 135 Å². The number of aromatic nitrogens is 1. The topological polar surface area (TPSA) is 88.3 Å². The van der Waals surface area contributed by atoms with Crippen molar-refractivity contribution in [3.05, 3.63) is 10.6 Å². The van der Waals surface area contributed by atoms with Crippen LogP contribution in [0, 0.1) is 6.92 Å². The number of primary amides is 1. The molecule has 2 amide bonds. The van der Waals surface area contributed by atoms with Gasteiger partial charge in [0.1, 0.15) is 0 Å². The van der Waals surface area contributed by atoms with Crippen molar-refractivity contribution in [2.75, 3.05) is 18.4 Å². The van der Waals surface area contributed by atoms with Gasteiger partial charge < -0.3 is 11.1 Å². The molecule has 0 atom stereocenters. The highest BCUT2D eigenvalue weighted by Crippen LogP contribution is 2.24. The summed E-state index contributed by atoms with van der Waals surface area (Å²) in [7, 11) is 0. The average molecular weight is 324 g/mol. The van der Waals surface area contributed by atoms with E-state index in [2.05, 4.69) is 10.3 Å². The van der Waals surface area contributed by atoms with E-state index in [0.717, 1.165) is 42.7 Å². The van der Waals surface area contributed by atoms with Gasteiger partial charge in [0, 0.05) is 10.9 Å². The number of carbonyl (C=O) groups excluding carboxylic acids is 2. The van der Waals surface area contributed by atoms with Gasteiger partial charge in [-0.05, 0) is 26.2 Å². The molecule has 0 aliphatic heterocycles. The minimum absolute atomic E-state index is 0.134. The van der Waals surface area contributed by atoms with Crippen LogP contribution in [0.3, 0.4) is 0 Å². The third-order valence-corrected chi connectivity index (χ3v) is 4.95. The number of nitrogens with one attached hydrogen (secondary N) is 1. The SMILES string of the molecule is CCc1nc(NC(=O)CN(CC(N)=O)C2CCCC2)sc1C. The molecule has 1 fully saturated rings. The van der Waals surface area contributed by atoms with Crippen molar-refractivity contribution >= 4 is 28.3 Å². The molecule has 1 aromatic rings. The van der Waals surface area contributed by atoms with Crippen LogP contribution in [-0.2, 0) is 16.0 Å². The van der Waals surface area contributed by atoms with E-state index in [1.807, 2.05) is 18.7 Å². The largest absolute Gasteiger partial charge is 0.369 e. The standard InChI is InChI=1S/C15H24N4O2S/c1-3-12-10(2)22-15(17-12)18-14(21)9-19(8-13(16)20)11-6-4-5-7-11/h11H,3-9H2,1-2H3,(H2,16,20)(H,17,18,21). The maximum Gasteiger partial charge on any atom is 0.240 e. The van der Waals surface area contributed by atoms with Crippen molar-refractivity contribution < 1.29 is 9.59 Å². The predicted octanol–water partition coefficient (Wildman–Crippen LogP) is 1.68. The molecule has 0 saturated heterocycles. The Morgan fingerprint density at radius 3 is 2.59 bits per heavy atom. The lowest BCUT2D eigenvalue weighted by atomic mass is 10.2. The van der Waals surface area contributed by atoms with E-state index < -0.39 is 5.91 Å². The zero-order valence-corrected chi connectivity index (χ0v) is 14.0. The predicted molar refractivity (Wildman–Crippen MR) is 87.9 cm³/mol. The molecule has 122 valence electrons. The van der Waals surface area contributed by atoms with Crippen molar-refractivity contribution in [1.29, 1.82) is 0 Å². The van der Waals surface area contributed by atoms with E-state index in [-0.39, 0.29) is 25.0 Å². The summed E-state index contributed by atoms with van der Waals surface area (Å²) >= 11 is 1.49. The lowest BCUT2D eigenvalue weighted by molar-refractivity contribution is -0.122. The minimum atomic E-state index is -0.391. The minimum Gasteiger partial charge on any atom is -0.369 e. The number of anilines is 1. The van der Waals surface area contributed by atoms with Gasteiger partial charge in [-0.15, -0.1) is 11.3 Å². The highest BCUT2D eigenvalue weighted by Gasteiger charge is 2.25. The van der Waals surface area contributed by atoms with Gasteiger partial charge in [0.05, 0.1) is 18.8 Å². The van der Waals surface area contributed by atoms with E-state index >= 15 is 0 Å². The molecule has 3 N–H and O–H groups in total. The van der Waals surface area contributed by atoms with Crippen molar-refractivity contribution in [3.8, 4) is 0 Å². The second-order valence-corrected chi connectivity index (χ2v) is 6.94. The number of carbonyl (C=O) groups is 2. The fraction of sp³-hybridized carbons (Fsp3) is 0.667. The number of nitrogens with zero attached hydrogens (tertiary/aromatic N) is 2. The summed E-state index contributed by atoms with van der Waals surface area (Å²) < 4.78 is 0. The Morgan fingerprint density at radius 2 is 2.05 bits per heavy atom. The Kier molecular flexibility index (Phi) is 5.90. The fourth-order valence-corrected chi connectivity index (χ4v) is 3.85. The van der Waals surface area contributed by atoms with Gasteiger partial charge in [-0.2, -0.15) is 0 Å². The monoisotopic (exact) mass is 324 g/mol. The van der Waals surface area contributed by atoms with Gasteiger partial charge in [-0.1, -0.05) is 19.8 Å². The van der Waals surface area contributed by atoms with Crippen LogP contribution in [0.5, 0.6) is 0 Å². The first kappa shape index (κ1) is 16.9. The molecule has 0 radical (unpaired) electrons. The quantitative estimate of drug-likeness (QED) is 0.799. The summed E-state index contributed by atoms with van der Waals surface area (Å²) in [6, 6.07) is 0.280. The van der Waals surface area contributed by atoms with E-state index in [9.17, 15) is 9.59 Å². The molecule has 22 heavy (non-hydrogen) atoms. The third-order valence-electron chi connectivity index (χ3n) is 4.02. The van der Waals surface area contributed by atoms with Crippen LogP contribution in [0.1, 0.15) is 43.2 Å². The molecule has 2 rings (SSSR count). The van der Waals surface area contributed by atoms with Crippen LogP contribution in [0.2, 0.25) is 0 Å². The molecule has 1 aliphatic rings. The summed E-state index contributed by atoms with van der Waals surface area (Å²) in [5.41, 5.74) is 6.33. The Bertz CT molecular complexity index is 538. The molecule has 6 nitrogen and oxygen atoms in total. The lowest BCUT2D eigenvalue weighted by Crippen LogP contribution is -2.44.